The highest BCUT2D eigenvalue weighted by atomic mass is 127. The van der Waals surface area contributed by atoms with Gasteiger partial charge < -0.3 is 9.84 Å². The lowest BCUT2D eigenvalue weighted by atomic mass is 9.49. The maximum absolute atomic E-state index is 15.4. The van der Waals surface area contributed by atoms with Gasteiger partial charge in [-0.3, -0.25) is 24.1 Å². The van der Waals surface area contributed by atoms with Gasteiger partial charge in [0.1, 0.15) is 0 Å². The van der Waals surface area contributed by atoms with E-state index in [0.29, 0.717) is 31.8 Å². The molecule has 4 aliphatic rings. The van der Waals surface area contributed by atoms with Crippen LogP contribution in [0.25, 0.3) is 0 Å². The Balaban J connectivity index is 1.35. The van der Waals surface area contributed by atoms with E-state index >= 15 is 4.79 Å². The molecule has 252 valence electrons. The van der Waals surface area contributed by atoms with Crippen LogP contribution in [0.4, 0.5) is 5.69 Å². The highest BCUT2D eigenvalue weighted by Crippen LogP contribution is 2.65. The van der Waals surface area contributed by atoms with Crippen LogP contribution in [-0.4, -0.2) is 40.7 Å². The van der Waals surface area contributed by atoms with E-state index in [2.05, 4.69) is 0 Å². The fourth-order valence-electron chi connectivity index (χ4n) is 9.02. The smallest absolute Gasteiger partial charge is 0.246 e. The molecule has 2 saturated heterocycles. The minimum Gasteiger partial charge on any atom is -0.504 e. The van der Waals surface area contributed by atoms with Crippen molar-refractivity contribution >= 4 is 63.5 Å². The van der Waals surface area contributed by atoms with Crippen molar-refractivity contribution in [2.75, 3.05) is 12.0 Å². The molecular formula is C40H32ClIN2O6. The average molecular weight is 799 g/mol. The molecule has 6 atom stereocenters. The number of benzene rings is 4. The summed E-state index contributed by atoms with van der Waals surface area (Å²) < 4.78 is 6.12. The zero-order valence-electron chi connectivity index (χ0n) is 27.0. The number of methoxy groups -OCH3 is 1. The Bertz CT molecular complexity index is 2110. The van der Waals surface area contributed by atoms with Gasteiger partial charge in [0, 0.05) is 10.9 Å². The molecule has 10 heteroatoms. The molecule has 6 unspecified atom stereocenters. The number of halogens is 2. The number of phenolic OH excluding ortho intramolecular Hbond substituents is 1. The number of ether oxygens (including phenoxy) is 1. The zero-order chi connectivity index (χ0) is 34.9. The van der Waals surface area contributed by atoms with Gasteiger partial charge in [-0.2, -0.15) is 0 Å². The molecule has 8 rings (SSSR count). The maximum Gasteiger partial charge on any atom is 0.246 e. The van der Waals surface area contributed by atoms with Crippen LogP contribution in [0.2, 0.25) is 5.02 Å². The van der Waals surface area contributed by atoms with E-state index in [1.165, 1.54) is 16.9 Å². The van der Waals surface area contributed by atoms with E-state index in [9.17, 15) is 19.5 Å². The number of likely N-dealkylation sites (tertiary alicyclic amines) is 1. The Hall–Kier alpha value is -4.48. The van der Waals surface area contributed by atoms with Gasteiger partial charge in [0.15, 0.2) is 11.5 Å². The monoisotopic (exact) mass is 798 g/mol. The topological polar surface area (TPSA) is 104 Å². The van der Waals surface area contributed by atoms with Crippen molar-refractivity contribution in [2.24, 2.45) is 23.7 Å². The van der Waals surface area contributed by atoms with Crippen molar-refractivity contribution in [3.63, 3.8) is 0 Å². The number of hydrogen-bond acceptors (Lipinski definition) is 6. The highest BCUT2D eigenvalue weighted by molar-refractivity contribution is 14.1. The number of carbonyl (C=O) groups is 4. The Morgan fingerprint density at radius 3 is 2.30 bits per heavy atom. The standard InChI is InChI=1S/C40H32ClIN2O6/c1-50-32-18-23(17-31(42)35(32)45)34-27-15-16-28-33(38(48)43(36(28)46)21-22-9-4-2-5-10-22)29(27)20-30-37(47)44(26-14-8-13-25(41)19-26)39(49)40(30,34)24-11-6-3-7-12-24/h2-15,17-19,28-30,33-34,45H,16,20-21H2,1H3. The van der Waals surface area contributed by atoms with Crippen molar-refractivity contribution in [1.82, 2.24) is 4.90 Å². The summed E-state index contributed by atoms with van der Waals surface area (Å²) in [5.41, 5.74) is 1.97. The molecule has 3 fully saturated rings. The number of carbonyl (C=O) groups excluding carboxylic acids is 4. The molecule has 0 aromatic heterocycles. The lowest BCUT2D eigenvalue weighted by Gasteiger charge is -2.50. The fourth-order valence-corrected chi connectivity index (χ4v) is 9.83. The molecule has 0 bridgehead atoms. The van der Waals surface area contributed by atoms with Crippen LogP contribution in [0.3, 0.4) is 0 Å². The Labute approximate surface area is 307 Å². The molecule has 4 aromatic rings. The van der Waals surface area contributed by atoms with Gasteiger partial charge in [0.2, 0.25) is 23.6 Å². The Kier molecular flexibility index (Phi) is 8.10. The molecule has 2 aliphatic heterocycles. The van der Waals surface area contributed by atoms with Crippen molar-refractivity contribution in [1.29, 1.82) is 0 Å². The number of aromatic hydroxyl groups is 1. The van der Waals surface area contributed by atoms with Crippen molar-refractivity contribution < 1.29 is 29.0 Å². The average Bonchev–Trinajstić information content (AvgIpc) is 3.50. The summed E-state index contributed by atoms with van der Waals surface area (Å²) in [7, 11) is 1.47. The van der Waals surface area contributed by atoms with Crippen LogP contribution >= 0.6 is 34.2 Å². The summed E-state index contributed by atoms with van der Waals surface area (Å²) >= 11 is 8.44. The second kappa shape index (κ2) is 12.4. The number of hydrogen-bond donors (Lipinski definition) is 1. The maximum atomic E-state index is 15.4. The summed E-state index contributed by atoms with van der Waals surface area (Å²) in [5, 5.41) is 11.3. The summed E-state index contributed by atoms with van der Waals surface area (Å²) in [6, 6.07) is 29.0. The van der Waals surface area contributed by atoms with Gasteiger partial charge >= 0.3 is 0 Å². The summed E-state index contributed by atoms with van der Waals surface area (Å²) in [4.78, 5) is 61.2. The van der Waals surface area contributed by atoms with E-state index in [4.69, 9.17) is 16.3 Å². The summed E-state index contributed by atoms with van der Waals surface area (Å²) in [5.74, 6) is -4.43. The van der Waals surface area contributed by atoms with E-state index in [-0.39, 0.29) is 42.2 Å². The van der Waals surface area contributed by atoms with Crippen molar-refractivity contribution in [3.05, 3.63) is 134 Å². The molecule has 0 spiro atoms. The quantitative estimate of drug-likeness (QED) is 0.128. The van der Waals surface area contributed by atoms with Crippen LogP contribution < -0.4 is 9.64 Å². The SMILES string of the molecule is COc1cc(C2C3=CCC4C(=O)N(Cc5ccccc5)C(=O)C4C3CC3C(=O)N(c4cccc(Cl)c4)C(=O)C32c2ccccc2)cc(I)c1O. The van der Waals surface area contributed by atoms with Gasteiger partial charge in [0.25, 0.3) is 0 Å². The number of phenols is 1. The summed E-state index contributed by atoms with van der Waals surface area (Å²) in [6.45, 7) is 0.168. The van der Waals surface area contributed by atoms with Crippen LogP contribution in [-0.2, 0) is 31.1 Å². The molecule has 0 radical (unpaired) electrons. The number of amides is 4. The molecule has 1 saturated carbocycles. The van der Waals surface area contributed by atoms with Crippen LogP contribution in [0.15, 0.2) is 109 Å². The molecule has 1 N–H and O–H groups in total. The van der Waals surface area contributed by atoms with Gasteiger partial charge in [-0.1, -0.05) is 90.0 Å². The van der Waals surface area contributed by atoms with Gasteiger partial charge in [0.05, 0.1) is 46.1 Å². The van der Waals surface area contributed by atoms with Crippen molar-refractivity contribution in [3.8, 4) is 11.5 Å². The minimum atomic E-state index is -1.42. The second-order valence-corrected chi connectivity index (χ2v) is 15.0. The Morgan fingerprint density at radius 1 is 0.880 bits per heavy atom. The normalized spacial score (nSPS) is 27.2. The van der Waals surface area contributed by atoms with E-state index in [1.807, 2.05) is 95.4 Å². The first kappa shape index (κ1) is 32.7. The third-order valence-electron chi connectivity index (χ3n) is 11.0. The number of fused-ring (bicyclic) bond motifs is 4. The highest BCUT2D eigenvalue weighted by Gasteiger charge is 2.70. The molecule has 2 heterocycles. The Morgan fingerprint density at radius 2 is 1.60 bits per heavy atom. The van der Waals surface area contributed by atoms with E-state index in [1.54, 1.807) is 30.3 Å². The predicted molar refractivity (Wildman–Crippen MR) is 195 cm³/mol. The zero-order valence-corrected chi connectivity index (χ0v) is 29.9. The molecule has 2 aliphatic carbocycles. The van der Waals surface area contributed by atoms with Crippen LogP contribution in [0.1, 0.15) is 35.4 Å². The number of anilines is 1. The van der Waals surface area contributed by atoms with E-state index < -0.39 is 40.9 Å². The lowest BCUT2D eigenvalue weighted by molar-refractivity contribution is -0.141. The number of imide groups is 2. The molecule has 4 amide bonds. The number of rotatable bonds is 6. The third-order valence-corrected chi connectivity index (χ3v) is 12.1. The third kappa shape index (κ3) is 4.76. The largest absolute Gasteiger partial charge is 0.504 e. The summed E-state index contributed by atoms with van der Waals surface area (Å²) in [6.07, 6.45) is 2.55. The van der Waals surface area contributed by atoms with E-state index in [0.717, 1.165) is 11.1 Å². The van der Waals surface area contributed by atoms with Crippen LogP contribution in [0, 0.1) is 27.2 Å². The van der Waals surface area contributed by atoms with Gasteiger partial charge in [-0.25, -0.2) is 4.90 Å². The first-order chi connectivity index (χ1) is 24.2. The molecular weight excluding hydrogens is 767 g/mol. The first-order valence-corrected chi connectivity index (χ1v) is 18.0. The first-order valence-electron chi connectivity index (χ1n) is 16.5. The van der Waals surface area contributed by atoms with Crippen molar-refractivity contribution in [2.45, 2.75) is 30.7 Å². The van der Waals surface area contributed by atoms with Crippen LogP contribution in [0.5, 0.6) is 11.5 Å². The van der Waals surface area contributed by atoms with Gasteiger partial charge in [-0.15, -0.1) is 0 Å². The second-order valence-electron chi connectivity index (χ2n) is 13.4. The molecule has 8 nitrogen and oxygen atoms in total. The lowest BCUT2D eigenvalue weighted by Crippen LogP contribution is -2.53. The molecule has 4 aromatic carbocycles. The number of nitrogens with zero attached hydrogens (tertiary/aromatic N) is 2. The number of allylic oxidation sites excluding steroid dienone is 2. The minimum absolute atomic E-state index is 0.0327. The predicted octanol–water partition coefficient (Wildman–Crippen LogP) is 7.02. The van der Waals surface area contributed by atoms with Gasteiger partial charge in [-0.05, 0) is 88.4 Å². The molecule has 50 heavy (non-hydrogen) atoms. The fraction of sp³-hybridized carbons (Fsp3) is 0.250.